The molecule has 7 heteroatoms. The zero-order chi connectivity index (χ0) is 47.1. The molecule has 0 bridgehead atoms. The Kier molecular flexibility index (Phi) is 8.54. The van der Waals surface area contributed by atoms with Gasteiger partial charge >= 0.3 is 0 Å². The van der Waals surface area contributed by atoms with Gasteiger partial charge in [0.15, 0.2) is 0 Å². The van der Waals surface area contributed by atoms with Crippen LogP contribution >= 0.6 is 0 Å². The zero-order valence-electron chi connectivity index (χ0n) is 39.9. The van der Waals surface area contributed by atoms with Gasteiger partial charge in [0.25, 0.3) is 0 Å². The molecule has 0 amide bonds. The van der Waals surface area contributed by atoms with E-state index in [1.54, 1.807) is 12.4 Å². The van der Waals surface area contributed by atoms with Crippen molar-refractivity contribution in [3.63, 3.8) is 0 Å². The lowest BCUT2D eigenvalue weighted by molar-refractivity contribution is 0.987. The standard InChI is InChI=1S/C63H47N7/c1-36-10-17-51-44(27-36)45-28-37(2)11-18-52(45)67(51)59-34-43(42-16-23-57-50(33-42)61-58(9-7-24-64-61)70(57)63-65-25-8-26-66-63)35-60(68-53-19-12-38(3)29-46(53)47-30-39(4)13-20-54(47)68)62(59)69-55-21-14-40(5)31-48(55)49-32-41(6)15-22-56(49)69/h7-35H,1-6H3. The Morgan fingerprint density at radius 1 is 0.286 bits per heavy atom. The largest absolute Gasteiger partial charge is 0.307 e. The highest BCUT2D eigenvalue weighted by Crippen LogP contribution is 2.46. The molecule has 6 aromatic heterocycles. The van der Waals surface area contributed by atoms with E-state index in [1.165, 1.54) is 65.7 Å². The van der Waals surface area contributed by atoms with E-state index in [0.717, 1.165) is 83.2 Å². The predicted molar refractivity (Wildman–Crippen MR) is 291 cm³/mol. The van der Waals surface area contributed by atoms with Crippen LogP contribution < -0.4 is 0 Å². The number of benzene rings is 8. The number of aromatic nitrogens is 7. The molecule has 0 aliphatic rings. The normalized spacial score (nSPS) is 12.1. The smallest absolute Gasteiger partial charge is 0.234 e. The summed E-state index contributed by atoms with van der Waals surface area (Å²) in [6.45, 7) is 13.2. The van der Waals surface area contributed by atoms with Gasteiger partial charge in [0.1, 0.15) is 0 Å². The molecule has 0 unspecified atom stereocenters. The van der Waals surface area contributed by atoms with E-state index in [-0.39, 0.29) is 0 Å². The molecule has 14 aromatic rings. The van der Waals surface area contributed by atoms with Crippen LogP contribution in [0.15, 0.2) is 176 Å². The number of hydrogen-bond donors (Lipinski definition) is 0. The molecule has 334 valence electrons. The third kappa shape index (κ3) is 5.84. The highest BCUT2D eigenvalue weighted by atomic mass is 15.2. The van der Waals surface area contributed by atoms with Crippen molar-refractivity contribution in [3.05, 3.63) is 210 Å². The third-order valence-corrected chi connectivity index (χ3v) is 14.6. The zero-order valence-corrected chi connectivity index (χ0v) is 39.9. The van der Waals surface area contributed by atoms with E-state index in [1.807, 2.05) is 18.3 Å². The summed E-state index contributed by atoms with van der Waals surface area (Å²) in [5, 5.41) is 8.43. The minimum atomic E-state index is 0.613. The fourth-order valence-electron chi connectivity index (χ4n) is 11.5. The quantitative estimate of drug-likeness (QED) is 0.173. The fourth-order valence-corrected chi connectivity index (χ4v) is 11.5. The summed E-state index contributed by atoms with van der Waals surface area (Å²) in [6, 6.07) is 59.2. The second kappa shape index (κ2) is 14.8. The number of hydrogen-bond acceptors (Lipinski definition) is 3. The van der Waals surface area contributed by atoms with E-state index >= 15 is 0 Å². The summed E-state index contributed by atoms with van der Waals surface area (Å²) in [5.41, 5.74) is 22.6. The third-order valence-electron chi connectivity index (χ3n) is 14.6. The minimum absolute atomic E-state index is 0.613. The van der Waals surface area contributed by atoms with Gasteiger partial charge in [0, 0.05) is 56.3 Å². The van der Waals surface area contributed by atoms with Crippen molar-refractivity contribution in [1.82, 2.24) is 33.2 Å². The van der Waals surface area contributed by atoms with Crippen LogP contribution in [-0.2, 0) is 0 Å². The maximum absolute atomic E-state index is 5.00. The van der Waals surface area contributed by atoms with Gasteiger partial charge in [-0.25, -0.2) is 9.97 Å². The summed E-state index contributed by atoms with van der Waals surface area (Å²) in [6.07, 6.45) is 5.47. The molecule has 0 fully saturated rings. The first-order chi connectivity index (χ1) is 34.2. The first kappa shape index (κ1) is 40.3. The lowest BCUT2D eigenvalue weighted by Gasteiger charge is -2.24. The van der Waals surface area contributed by atoms with Crippen molar-refractivity contribution in [2.45, 2.75) is 41.5 Å². The van der Waals surface area contributed by atoms with Gasteiger partial charge in [-0.3, -0.25) is 9.55 Å². The molecule has 0 N–H and O–H groups in total. The van der Waals surface area contributed by atoms with Crippen LogP contribution in [0.4, 0.5) is 0 Å². The van der Waals surface area contributed by atoms with Crippen LogP contribution in [0.1, 0.15) is 33.4 Å². The molecule has 70 heavy (non-hydrogen) atoms. The van der Waals surface area contributed by atoms with Crippen LogP contribution in [0.25, 0.3) is 121 Å². The monoisotopic (exact) mass is 901 g/mol. The van der Waals surface area contributed by atoms with Crippen molar-refractivity contribution >= 4 is 87.4 Å². The van der Waals surface area contributed by atoms with Gasteiger partial charge in [-0.1, -0.05) is 75.8 Å². The van der Waals surface area contributed by atoms with E-state index in [2.05, 4.69) is 205 Å². The van der Waals surface area contributed by atoms with Crippen LogP contribution in [0.2, 0.25) is 0 Å². The molecule has 7 nitrogen and oxygen atoms in total. The molecule has 0 spiro atoms. The average Bonchev–Trinajstić information content (AvgIpc) is 4.07. The van der Waals surface area contributed by atoms with Gasteiger partial charge < -0.3 is 13.7 Å². The Hall–Kier alpha value is -8.81. The lowest BCUT2D eigenvalue weighted by Crippen LogP contribution is -2.10. The Balaban J connectivity index is 1.21. The summed E-state index contributed by atoms with van der Waals surface area (Å²) >= 11 is 0. The highest BCUT2D eigenvalue weighted by molar-refractivity contribution is 6.15. The molecular weight excluding hydrogens is 855 g/mol. The van der Waals surface area contributed by atoms with E-state index < -0.39 is 0 Å². The minimum Gasteiger partial charge on any atom is -0.307 e. The van der Waals surface area contributed by atoms with Crippen molar-refractivity contribution in [3.8, 4) is 34.1 Å². The van der Waals surface area contributed by atoms with Crippen LogP contribution in [0.5, 0.6) is 0 Å². The van der Waals surface area contributed by atoms with Gasteiger partial charge in [-0.2, -0.15) is 0 Å². The number of pyridine rings is 1. The number of fused-ring (bicyclic) bond motifs is 12. The molecule has 6 heterocycles. The molecule has 0 aliphatic carbocycles. The number of rotatable bonds is 5. The maximum atomic E-state index is 5.00. The Morgan fingerprint density at radius 3 is 1.09 bits per heavy atom. The van der Waals surface area contributed by atoms with Crippen LogP contribution in [-0.4, -0.2) is 33.2 Å². The molecule has 0 aliphatic heterocycles. The Bertz CT molecular complexity index is 4210. The predicted octanol–water partition coefficient (Wildman–Crippen LogP) is 15.8. The number of aryl methyl sites for hydroxylation is 6. The fraction of sp³-hybridized carbons (Fsp3) is 0.0952. The average molecular weight is 902 g/mol. The molecule has 14 rings (SSSR count). The maximum Gasteiger partial charge on any atom is 0.234 e. The summed E-state index contributed by atoms with van der Waals surface area (Å²) in [5.74, 6) is 0.613. The van der Waals surface area contributed by atoms with E-state index in [0.29, 0.717) is 5.95 Å². The molecule has 0 saturated heterocycles. The Labute approximate surface area is 404 Å². The summed E-state index contributed by atoms with van der Waals surface area (Å²) < 4.78 is 9.75. The van der Waals surface area contributed by atoms with Crippen molar-refractivity contribution in [2.75, 3.05) is 0 Å². The van der Waals surface area contributed by atoms with Gasteiger partial charge in [-0.15, -0.1) is 0 Å². The van der Waals surface area contributed by atoms with Crippen molar-refractivity contribution in [1.29, 1.82) is 0 Å². The first-order valence-electron chi connectivity index (χ1n) is 24.1. The second-order valence-electron chi connectivity index (χ2n) is 19.5. The second-order valence-corrected chi connectivity index (χ2v) is 19.5. The SMILES string of the molecule is Cc1ccc2c(c1)c1cc(C)ccc1n2-c1cc(-c2ccc3c(c2)c2ncccc2n3-c2ncccn2)cc(-n2c3ccc(C)cc3c3cc(C)ccc32)c1-n1c2ccc(C)cc2c2cc(C)ccc21. The molecule has 0 atom stereocenters. The molecular formula is C63H47N7. The van der Waals surface area contributed by atoms with Gasteiger partial charge in [0.05, 0.1) is 66.7 Å². The number of nitrogens with zero attached hydrogens (tertiary/aromatic N) is 7. The lowest BCUT2D eigenvalue weighted by atomic mass is 10.00. The highest BCUT2D eigenvalue weighted by Gasteiger charge is 2.27. The molecule has 0 saturated carbocycles. The summed E-state index contributed by atoms with van der Waals surface area (Å²) in [7, 11) is 0. The van der Waals surface area contributed by atoms with E-state index in [4.69, 9.17) is 15.0 Å². The summed E-state index contributed by atoms with van der Waals surface area (Å²) in [4.78, 5) is 14.4. The van der Waals surface area contributed by atoms with E-state index in [9.17, 15) is 0 Å². The van der Waals surface area contributed by atoms with Gasteiger partial charge in [0.2, 0.25) is 5.95 Å². The van der Waals surface area contributed by atoms with Crippen molar-refractivity contribution in [2.24, 2.45) is 0 Å². The Morgan fingerprint density at radius 2 is 0.657 bits per heavy atom. The van der Waals surface area contributed by atoms with Crippen LogP contribution in [0.3, 0.4) is 0 Å². The topological polar surface area (TPSA) is 58.4 Å². The van der Waals surface area contributed by atoms with Gasteiger partial charge in [-0.05, 0) is 168 Å². The molecule has 8 aromatic carbocycles. The van der Waals surface area contributed by atoms with Crippen LogP contribution in [0, 0.1) is 41.5 Å². The molecule has 0 radical (unpaired) electrons. The van der Waals surface area contributed by atoms with Crippen molar-refractivity contribution < 1.29 is 0 Å². The first-order valence-corrected chi connectivity index (χ1v) is 24.1.